The van der Waals surface area contributed by atoms with Gasteiger partial charge in [-0.05, 0) is 24.0 Å². The molecule has 5 heteroatoms. The first-order chi connectivity index (χ1) is 10.7. The van der Waals surface area contributed by atoms with E-state index >= 15 is 0 Å². The minimum absolute atomic E-state index is 0.118. The van der Waals surface area contributed by atoms with Crippen molar-refractivity contribution in [1.29, 1.82) is 0 Å². The normalized spacial score (nSPS) is 13.8. The summed E-state index contributed by atoms with van der Waals surface area (Å²) < 4.78 is 7.75. The van der Waals surface area contributed by atoms with E-state index in [1.807, 2.05) is 29.1 Å². The Bertz CT molecular complexity index is 467. The van der Waals surface area contributed by atoms with E-state index in [0.717, 1.165) is 13.0 Å². The molecule has 1 unspecified atom stereocenters. The summed E-state index contributed by atoms with van der Waals surface area (Å²) in [7, 11) is 0. The lowest BCUT2D eigenvalue weighted by molar-refractivity contribution is -0.123. The summed E-state index contributed by atoms with van der Waals surface area (Å²) in [5, 5.41) is 2.94. The number of nitrogens with zero attached hydrogens (tertiary/aromatic N) is 1. The highest BCUT2D eigenvalue weighted by molar-refractivity contribution is 5.81. The molecule has 132 valence electrons. The third-order valence-corrected chi connectivity index (χ3v) is 4.09. The highest BCUT2D eigenvalue weighted by atomic mass is 16.5. The Kier molecular flexibility index (Phi) is 7.29. The van der Waals surface area contributed by atoms with Crippen LogP contribution in [0, 0.1) is 10.8 Å². The fraction of sp³-hybridized carbons (Fsp3) is 0.722. The maximum atomic E-state index is 12.1. The maximum absolute atomic E-state index is 12.1. The SMILES string of the molecule is CCC(C)(C)COCC(C)(C)CNC(=O)C(N)Cn1cccc1. The minimum atomic E-state index is -0.543. The molecule has 0 saturated heterocycles. The molecule has 1 aromatic heterocycles. The summed E-state index contributed by atoms with van der Waals surface area (Å²) in [5.41, 5.74) is 6.02. The fourth-order valence-electron chi connectivity index (χ4n) is 2.02. The molecule has 0 aliphatic rings. The molecule has 0 fully saturated rings. The van der Waals surface area contributed by atoms with E-state index in [1.165, 1.54) is 0 Å². The van der Waals surface area contributed by atoms with Gasteiger partial charge in [-0.3, -0.25) is 4.79 Å². The summed E-state index contributed by atoms with van der Waals surface area (Å²) in [5.74, 6) is -0.124. The summed E-state index contributed by atoms with van der Waals surface area (Å²) in [6.07, 6.45) is 4.89. The van der Waals surface area contributed by atoms with E-state index in [0.29, 0.717) is 19.7 Å². The quantitative estimate of drug-likeness (QED) is 0.695. The highest BCUT2D eigenvalue weighted by Crippen LogP contribution is 2.22. The smallest absolute Gasteiger partial charge is 0.238 e. The molecule has 1 heterocycles. The third kappa shape index (κ3) is 7.66. The zero-order chi connectivity index (χ0) is 17.5. The molecule has 1 rings (SSSR count). The number of amides is 1. The van der Waals surface area contributed by atoms with E-state index < -0.39 is 6.04 Å². The molecule has 0 aromatic carbocycles. The van der Waals surface area contributed by atoms with Crippen molar-refractivity contribution in [3.63, 3.8) is 0 Å². The zero-order valence-electron chi connectivity index (χ0n) is 15.3. The molecular formula is C18H33N3O2. The third-order valence-electron chi connectivity index (χ3n) is 4.09. The Balaban J connectivity index is 2.32. The first-order valence-corrected chi connectivity index (χ1v) is 8.37. The molecule has 23 heavy (non-hydrogen) atoms. The van der Waals surface area contributed by atoms with Crippen LogP contribution in [0.2, 0.25) is 0 Å². The van der Waals surface area contributed by atoms with Gasteiger partial charge in [-0.25, -0.2) is 0 Å². The van der Waals surface area contributed by atoms with E-state index in [9.17, 15) is 4.79 Å². The lowest BCUT2D eigenvalue weighted by atomic mass is 9.91. The number of nitrogens with two attached hydrogens (primary N) is 1. The fourth-order valence-corrected chi connectivity index (χ4v) is 2.02. The molecule has 1 aromatic rings. The Hall–Kier alpha value is -1.33. The predicted molar refractivity (Wildman–Crippen MR) is 94.1 cm³/mol. The van der Waals surface area contributed by atoms with Gasteiger partial charge in [0.2, 0.25) is 5.91 Å². The van der Waals surface area contributed by atoms with Crippen molar-refractivity contribution in [3.05, 3.63) is 24.5 Å². The van der Waals surface area contributed by atoms with Gasteiger partial charge in [-0.1, -0.05) is 34.6 Å². The van der Waals surface area contributed by atoms with Gasteiger partial charge in [-0.15, -0.1) is 0 Å². The van der Waals surface area contributed by atoms with Gasteiger partial charge < -0.3 is 20.4 Å². The Labute approximate surface area is 140 Å². The van der Waals surface area contributed by atoms with Crippen molar-refractivity contribution in [1.82, 2.24) is 9.88 Å². The monoisotopic (exact) mass is 323 g/mol. The number of hydrogen-bond donors (Lipinski definition) is 2. The summed E-state index contributed by atoms with van der Waals surface area (Å²) in [6.45, 7) is 13.1. The molecule has 0 spiro atoms. The van der Waals surface area contributed by atoms with Crippen LogP contribution >= 0.6 is 0 Å². The van der Waals surface area contributed by atoms with Crippen LogP contribution in [0.15, 0.2) is 24.5 Å². The largest absolute Gasteiger partial charge is 0.380 e. The van der Waals surface area contributed by atoms with Crippen LogP contribution in [0.5, 0.6) is 0 Å². The average molecular weight is 323 g/mol. The minimum Gasteiger partial charge on any atom is -0.380 e. The van der Waals surface area contributed by atoms with E-state index in [4.69, 9.17) is 10.5 Å². The Morgan fingerprint density at radius 2 is 1.74 bits per heavy atom. The van der Waals surface area contributed by atoms with E-state index in [1.54, 1.807) is 0 Å². The molecule has 5 nitrogen and oxygen atoms in total. The van der Waals surface area contributed by atoms with Gasteiger partial charge in [0.05, 0.1) is 13.2 Å². The molecule has 1 amide bonds. The lowest BCUT2D eigenvalue weighted by Gasteiger charge is -2.29. The van der Waals surface area contributed by atoms with Crippen molar-refractivity contribution < 1.29 is 9.53 Å². The van der Waals surface area contributed by atoms with Crippen molar-refractivity contribution in [2.24, 2.45) is 16.6 Å². The van der Waals surface area contributed by atoms with Gasteiger partial charge in [0.1, 0.15) is 6.04 Å². The second-order valence-electron chi connectivity index (χ2n) is 7.88. The number of carbonyl (C=O) groups excluding carboxylic acids is 1. The van der Waals surface area contributed by atoms with Crippen LogP contribution < -0.4 is 11.1 Å². The molecule has 1 atom stereocenters. The summed E-state index contributed by atoms with van der Waals surface area (Å²) in [4.78, 5) is 12.1. The number of carbonyl (C=O) groups is 1. The molecule has 0 aliphatic carbocycles. The van der Waals surface area contributed by atoms with Crippen LogP contribution in [0.25, 0.3) is 0 Å². The Morgan fingerprint density at radius 1 is 1.17 bits per heavy atom. The van der Waals surface area contributed by atoms with E-state index in [-0.39, 0.29) is 16.7 Å². The summed E-state index contributed by atoms with van der Waals surface area (Å²) in [6, 6.07) is 3.30. The van der Waals surface area contributed by atoms with Crippen LogP contribution in [0.3, 0.4) is 0 Å². The van der Waals surface area contributed by atoms with Crippen molar-refractivity contribution in [2.75, 3.05) is 19.8 Å². The number of rotatable bonds is 10. The molecule has 0 saturated carbocycles. The number of aromatic nitrogens is 1. The first kappa shape index (κ1) is 19.7. The number of ether oxygens (including phenoxy) is 1. The topological polar surface area (TPSA) is 69.3 Å². The van der Waals surface area contributed by atoms with Gasteiger partial charge in [0, 0.05) is 30.9 Å². The first-order valence-electron chi connectivity index (χ1n) is 8.37. The van der Waals surface area contributed by atoms with Gasteiger partial charge in [0.25, 0.3) is 0 Å². The van der Waals surface area contributed by atoms with E-state index in [2.05, 4.69) is 39.9 Å². The van der Waals surface area contributed by atoms with Crippen LogP contribution in [0.1, 0.15) is 41.0 Å². The maximum Gasteiger partial charge on any atom is 0.238 e. The van der Waals surface area contributed by atoms with Crippen molar-refractivity contribution >= 4 is 5.91 Å². The second-order valence-corrected chi connectivity index (χ2v) is 7.88. The lowest BCUT2D eigenvalue weighted by Crippen LogP contribution is -2.46. The van der Waals surface area contributed by atoms with Gasteiger partial charge in [-0.2, -0.15) is 0 Å². The van der Waals surface area contributed by atoms with Gasteiger partial charge in [0.15, 0.2) is 0 Å². The average Bonchev–Trinajstić information content (AvgIpc) is 2.97. The molecular weight excluding hydrogens is 290 g/mol. The highest BCUT2D eigenvalue weighted by Gasteiger charge is 2.23. The molecule has 0 bridgehead atoms. The number of nitrogens with one attached hydrogen (secondary N) is 1. The zero-order valence-corrected chi connectivity index (χ0v) is 15.3. The van der Waals surface area contributed by atoms with Crippen LogP contribution in [-0.2, 0) is 16.1 Å². The summed E-state index contributed by atoms with van der Waals surface area (Å²) >= 11 is 0. The molecule has 0 aliphatic heterocycles. The molecule has 3 N–H and O–H groups in total. The molecule has 0 radical (unpaired) electrons. The van der Waals surface area contributed by atoms with Crippen LogP contribution in [0.4, 0.5) is 0 Å². The van der Waals surface area contributed by atoms with Gasteiger partial charge >= 0.3 is 0 Å². The standard InChI is InChI=1S/C18H33N3O2/c1-6-17(2,3)13-23-14-18(4,5)12-20-16(22)15(19)11-21-9-7-8-10-21/h7-10,15H,6,11-14,19H2,1-5H3,(H,20,22). The van der Waals surface area contributed by atoms with Crippen molar-refractivity contribution in [3.8, 4) is 0 Å². The second kappa shape index (κ2) is 8.50. The predicted octanol–water partition coefficient (Wildman–Crippen LogP) is 2.41. The van der Waals surface area contributed by atoms with Crippen LogP contribution in [-0.4, -0.2) is 36.3 Å². The number of hydrogen-bond acceptors (Lipinski definition) is 3. The van der Waals surface area contributed by atoms with Crippen molar-refractivity contribution in [2.45, 2.75) is 53.6 Å². The Morgan fingerprint density at radius 3 is 2.30 bits per heavy atom.